The molecule has 9 nitrogen and oxygen atoms in total. The Kier molecular flexibility index (Phi) is 3.74. The molecule has 3 heterocycles. The van der Waals surface area contributed by atoms with Gasteiger partial charge >= 0.3 is 0 Å². The number of nitrogens with zero attached hydrogens (tertiary/aromatic N) is 5. The number of rotatable bonds is 4. The molecule has 0 N–H and O–H groups in total. The summed E-state index contributed by atoms with van der Waals surface area (Å²) in [7, 11) is 0. The first-order valence-electron chi connectivity index (χ1n) is 6.71. The van der Waals surface area contributed by atoms with Crippen LogP contribution in [0.3, 0.4) is 0 Å². The average molecular weight is 333 g/mol. The number of hydrogen-bond acceptors (Lipinski definition) is 7. The Labute approximate surface area is 132 Å². The highest BCUT2D eigenvalue weighted by Gasteiger charge is 2.11. The summed E-state index contributed by atoms with van der Waals surface area (Å²) < 4.78 is 2.36. The lowest BCUT2D eigenvalue weighted by molar-refractivity contribution is -0.385. The van der Waals surface area contributed by atoms with Gasteiger partial charge in [0.1, 0.15) is 5.01 Å². The van der Waals surface area contributed by atoms with Gasteiger partial charge in [0.15, 0.2) is 0 Å². The predicted octanol–water partition coefficient (Wildman–Crippen LogP) is 0.832. The molecular weight excluding hydrogens is 322 g/mol. The molecule has 0 aromatic carbocycles. The molecule has 10 heteroatoms. The fourth-order valence-electron chi connectivity index (χ4n) is 2.04. The Morgan fingerprint density at radius 1 is 1.30 bits per heavy atom. The molecule has 0 atom stereocenters. The third kappa shape index (κ3) is 2.88. The molecule has 0 amide bonds. The van der Waals surface area contributed by atoms with E-state index in [0.29, 0.717) is 17.1 Å². The number of pyridine rings is 1. The molecule has 0 spiro atoms. The van der Waals surface area contributed by atoms with Crippen molar-refractivity contribution in [2.75, 3.05) is 0 Å². The van der Waals surface area contributed by atoms with E-state index >= 15 is 0 Å². The molecule has 3 aromatic heterocycles. The summed E-state index contributed by atoms with van der Waals surface area (Å²) in [4.78, 5) is 38.8. The van der Waals surface area contributed by atoms with Crippen LogP contribution in [0.15, 0.2) is 34.0 Å². The highest BCUT2D eigenvalue weighted by molar-refractivity contribution is 7.16. The number of hydrogen-bond donors (Lipinski definition) is 0. The second-order valence-corrected chi connectivity index (χ2v) is 5.78. The summed E-state index contributed by atoms with van der Waals surface area (Å²) in [5, 5.41) is 15.7. The number of nitro groups is 1. The second-order valence-electron chi connectivity index (χ2n) is 4.74. The summed E-state index contributed by atoms with van der Waals surface area (Å²) in [6.07, 6.45) is 1.82. The summed E-state index contributed by atoms with van der Waals surface area (Å²) in [6.45, 7) is 1.90. The third-order valence-electron chi connectivity index (χ3n) is 3.15. The first kappa shape index (κ1) is 15.0. The van der Waals surface area contributed by atoms with E-state index in [4.69, 9.17) is 0 Å². The van der Waals surface area contributed by atoms with Crippen LogP contribution in [0.25, 0.3) is 4.96 Å². The molecule has 3 aromatic rings. The van der Waals surface area contributed by atoms with Gasteiger partial charge in [0.25, 0.3) is 16.8 Å². The zero-order valence-electron chi connectivity index (χ0n) is 12.0. The summed E-state index contributed by atoms with van der Waals surface area (Å²) in [6, 6.07) is 3.53. The Morgan fingerprint density at radius 3 is 2.78 bits per heavy atom. The maximum Gasteiger partial charge on any atom is 0.285 e. The molecule has 118 valence electrons. The van der Waals surface area contributed by atoms with E-state index in [1.807, 2.05) is 6.92 Å². The van der Waals surface area contributed by atoms with E-state index in [-0.39, 0.29) is 17.8 Å². The zero-order valence-corrected chi connectivity index (χ0v) is 12.8. The van der Waals surface area contributed by atoms with E-state index < -0.39 is 10.5 Å². The van der Waals surface area contributed by atoms with Gasteiger partial charge in [-0.15, -0.1) is 0 Å². The third-order valence-corrected chi connectivity index (χ3v) is 4.21. The standard InChI is InChI=1S/C13H11N5O4S/c1-2-10-15-17-12(20)5-8(14-13(17)23-10)6-16-7-9(18(21)22)3-4-11(16)19/h3-5,7H,2,6H2,1H3. The smallest absolute Gasteiger partial charge is 0.285 e. The minimum Gasteiger partial charge on any atom is -0.303 e. The van der Waals surface area contributed by atoms with Crippen LogP contribution >= 0.6 is 11.3 Å². The molecule has 0 radical (unpaired) electrons. The SMILES string of the molecule is CCc1nn2c(=O)cc(Cn3cc([N+](=O)[O-])ccc3=O)nc2s1. The predicted molar refractivity (Wildman–Crippen MR) is 83.0 cm³/mol. The summed E-state index contributed by atoms with van der Waals surface area (Å²) >= 11 is 1.29. The van der Waals surface area contributed by atoms with Crippen LogP contribution in [0.4, 0.5) is 5.69 Å². The van der Waals surface area contributed by atoms with Crippen LogP contribution in [-0.4, -0.2) is 24.1 Å². The van der Waals surface area contributed by atoms with Crippen molar-refractivity contribution in [2.45, 2.75) is 19.9 Å². The normalized spacial score (nSPS) is 11.0. The molecule has 0 saturated carbocycles. The van der Waals surface area contributed by atoms with Gasteiger partial charge in [-0.05, 0) is 6.42 Å². The van der Waals surface area contributed by atoms with Crippen molar-refractivity contribution in [1.29, 1.82) is 0 Å². The maximum atomic E-state index is 12.1. The van der Waals surface area contributed by atoms with Gasteiger partial charge in [0, 0.05) is 18.2 Å². The van der Waals surface area contributed by atoms with Gasteiger partial charge in [-0.1, -0.05) is 18.3 Å². The first-order valence-corrected chi connectivity index (χ1v) is 7.53. The molecule has 0 bridgehead atoms. The molecule has 0 fully saturated rings. The quantitative estimate of drug-likeness (QED) is 0.516. The van der Waals surface area contributed by atoms with Crippen LogP contribution in [-0.2, 0) is 13.0 Å². The largest absolute Gasteiger partial charge is 0.303 e. The molecule has 0 saturated heterocycles. The second kappa shape index (κ2) is 5.72. The van der Waals surface area contributed by atoms with Gasteiger partial charge < -0.3 is 4.57 Å². The fourth-order valence-corrected chi connectivity index (χ4v) is 2.90. The highest BCUT2D eigenvalue weighted by atomic mass is 32.1. The van der Waals surface area contributed by atoms with Crippen LogP contribution < -0.4 is 11.1 Å². The first-order chi connectivity index (χ1) is 11.0. The Balaban J connectivity index is 2.05. The zero-order chi connectivity index (χ0) is 16.6. The van der Waals surface area contributed by atoms with Crippen molar-refractivity contribution in [3.63, 3.8) is 0 Å². The average Bonchev–Trinajstić information content (AvgIpc) is 2.93. The lowest BCUT2D eigenvalue weighted by atomic mass is 10.3. The van der Waals surface area contributed by atoms with Crippen molar-refractivity contribution in [3.05, 3.63) is 65.9 Å². The van der Waals surface area contributed by atoms with E-state index in [1.54, 1.807) is 0 Å². The molecule has 0 aliphatic rings. The summed E-state index contributed by atoms with van der Waals surface area (Å²) in [5.74, 6) is 0. The molecule has 0 aliphatic heterocycles. The number of aryl methyl sites for hydroxylation is 1. The van der Waals surface area contributed by atoms with Gasteiger partial charge in [0.2, 0.25) is 4.96 Å². The van der Waals surface area contributed by atoms with Crippen molar-refractivity contribution in [2.24, 2.45) is 0 Å². The van der Waals surface area contributed by atoms with Gasteiger partial charge in [-0.25, -0.2) is 4.98 Å². The minimum absolute atomic E-state index is 0.0222. The Morgan fingerprint density at radius 2 is 2.09 bits per heavy atom. The van der Waals surface area contributed by atoms with Crippen molar-refractivity contribution in [1.82, 2.24) is 19.2 Å². The topological polar surface area (TPSA) is 112 Å². The number of aromatic nitrogens is 4. The van der Waals surface area contributed by atoms with E-state index in [9.17, 15) is 19.7 Å². The van der Waals surface area contributed by atoms with E-state index in [2.05, 4.69) is 10.1 Å². The summed E-state index contributed by atoms with van der Waals surface area (Å²) in [5.41, 5.74) is -0.604. The molecule has 0 aliphatic carbocycles. The van der Waals surface area contributed by atoms with Crippen molar-refractivity contribution in [3.8, 4) is 0 Å². The van der Waals surface area contributed by atoms with Crippen LogP contribution in [0, 0.1) is 10.1 Å². The Bertz CT molecular complexity index is 1020. The molecule has 0 unspecified atom stereocenters. The van der Waals surface area contributed by atoms with Crippen LogP contribution in [0.1, 0.15) is 17.6 Å². The molecule has 3 rings (SSSR count). The van der Waals surface area contributed by atoms with Crippen molar-refractivity contribution < 1.29 is 4.92 Å². The van der Waals surface area contributed by atoms with Gasteiger partial charge in [-0.3, -0.25) is 19.7 Å². The van der Waals surface area contributed by atoms with Gasteiger partial charge in [-0.2, -0.15) is 9.61 Å². The number of fused-ring (bicyclic) bond motifs is 1. The lowest BCUT2D eigenvalue weighted by Gasteiger charge is -2.04. The lowest BCUT2D eigenvalue weighted by Crippen LogP contribution is -2.22. The van der Waals surface area contributed by atoms with E-state index in [1.165, 1.54) is 21.9 Å². The maximum absolute atomic E-state index is 12.1. The van der Waals surface area contributed by atoms with Crippen molar-refractivity contribution >= 4 is 22.0 Å². The highest BCUT2D eigenvalue weighted by Crippen LogP contribution is 2.12. The Hall–Kier alpha value is -2.88. The molecule has 23 heavy (non-hydrogen) atoms. The van der Waals surface area contributed by atoms with Crippen LogP contribution in [0.5, 0.6) is 0 Å². The minimum atomic E-state index is -0.585. The fraction of sp³-hybridized carbons (Fsp3) is 0.231. The van der Waals surface area contributed by atoms with E-state index in [0.717, 1.165) is 27.9 Å². The van der Waals surface area contributed by atoms with Crippen LogP contribution in [0.2, 0.25) is 0 Å². The van der Waals surface area contributed by atoms with Gasteiger partial charge in [0.05, 0.1) is 23.4 Å². The monoisotopic (exact) mass is 333 g/mol. The molecular formula is C13H11N5O4S.